The number of hydrogen-bond acceptors (Lipinski definition) is 8. The fourth-order valence-electron chi connectivity index (χ4n) is 7.68. The van der Waals surface area contributed by atoms with Gasteiger partial charge in [-0.15, -0.1) is 0 Å². The van der Waals surface area contributed by atoms with Crippen molar-refractivity contribution in [2.24, 2.45) is 5.92 Å². The highest BCUT2D eigenvalue weighted by Gasteiger charge is 2.39. The molecule has 9 nitrogen and oxygen atoms in total. The van der Waals surface area contributed by atoms with Crippen LogP contribution >= 0.6 is 11.8 Å². The van der Waals surface area contributed by atoms with E-state index in [4.69, 9.17) is 23.6 Å². The number of aliphatic hydroxyl groups is 1. The molecule has 7 aromatic carbocycles. The second-order valence-corrected chi connectivity index (χ2v) is 16.6. The Morgan fingerprint density at radius 1 is 0.656 bits per heavy atom. The highest BCUT2D eigenvalue weighted by atomic mass is 32.2. The molecule has 1 saturated heterocycles. The fraction of sp³-hybridized carbons (Fsp3) is 0.148. The maximum absolute atomic E-state index is 12.8. The van der Waals surface area contributed by atoms with Crippen molar-refractivity contribution < 1.29 is 28.5 Å². The van der Waals surface area contributed by atoms with Crippen molar-refractivity contribution in [2.75, 3.05) is 11.1 Å². The van der Waals surface area contributed by atoms with Gasteiger partial charge in [-0.25, -0.2) is 9.78 Å². The molecule has 0 bridgehead atoms. The number of amides is 2. The Hall–Kier alpha value is -6.95. The first kappa shape index (κ1) is 42.4. The van der Waals surface area contributed by atoms with E-state index < -0.39 is 6.29 Å². The summed E-state index contributed by atoms with van der Waals surface area (Å²) in [4.78, 5) is 17.8. The van der Waals surface area contributed by atoms with Gasteiger partial charge >= 0.3 is 6.03 Å². The lowest BCUT2D eigenvalue weighted by atomic mass is 9.91. The van der Waals surface area contributed by atoms with Crippen molar-refractivity contribution in [1.82, 2.24) is 10.3 Å². The molecule has 320 valence electrons. The minimum absolute atomic E-state index is 0.0151. The number of anilines is 1. The summed E-state index contributed by atoms with van der Waals surface area (Å²) in [5.74, 6) is 2.73. The van der Waals surface area contributed by atoms with E-state index in [9.17, 15) is 9.90 Å². The van der Waals surface area contributed by atoms with Crippen molar-refractivity contribution in [3.05, 3.63) is 210 Å². The number of para-hydroxylation sites is 1. The zero-order valence-corrected chi connectivity index (χ0v) is 36.0. The number of aromatic nitrogens is 1. The molecule has 4 atom stereocenters. The van der Waals surface area contributed by atoms with Crippen LogP contribution in [-0.4, -0.2) is 28.0 Å². The van der Waals surface area contributed by atoms with Crippen LogP contribution in [0, 0.1) is 5.92 Å². The van der Waals surface area contributed by atoms with Crippen LogP contribution in [0.1, 0.15) is 41.6 Å². The zero-order valence-electron chi connectivity index (χ0n) is 35.2. The average molecular weight is 866 g/mol. The van der Waals surface area contributed by atoms with Crippen molar-refractivity contribution >= 4 is 23.5 Å². The average Bonchev–Trinajstić information content (AvgIpc) is 3.79. The Bertz CT molecular complexity index is 2690. The van der Waals surface area contributed by atoms with Crippen molar-refractivity contribution in [1.29, 1.82) is 0 Å². The summed E-state index contributed by atoms with van der Waals surface area (Å²) in [5, 5.41) is 16.2. The number of benzene rings is 7. The summed E-state index contributed by atoms with van der Waals surface area (Å²) in [6.07, 6.45) is -1.12. The molecule has 10 heteroatoms. The standard InChI is InChI=1S/C54H47N3O6S/c1-36-48(35-64-54-57-49(40-13-5-2-6-14-40)51(63-54)41-15-7-3-8-16-41)61-52(62-50(36)42-22-20-37(34-58)21-23-42)43-26-24-39(25-27-43)44-17-11-12-38(32-44)33-55-53(59)56-45-28-30-47(31-29-45)60-46-18-9-4-10-19-46/h2-32,36,48,50,52,58H,33-35H2,1H3,(H2,55,56,59). The monoisotopic (exact) mass is 865 g/mol. The number of rotatable bonds is 14. The van der Waals surface area contributed by atoms with Crippen LogP contribution in [0.2, 0.25) is 0 Å². The fourth-order valence-corrected chi connectivity index (χ4v) is 8.67. The number of urea groups is 1. The molecule has 1 aromatic heterocycles. The minimum atomic E-state index is -0.635. The van der Waals surface area contributed by atoms with Gasteiger partial charge in [0.05, 0.1) is 18.8 Å². The third-order valence-corrected chi connectivity index (χ3v) is 12.1. The first-order chi connectivity index (χ1) is 31.5. The maximum atomic E-state index is 12.8. The van der Waals surface area contributed by atoms with E-state index in [1.807, 2.05) is 164 Å². The SMILES string of the molecule is CC1C(CSc2nc(-c3ccccc3)c(-c3ccccc3)o2)OC(c2ccc(-c3cccc(CNC(=O)Nc4ccc(Oc5ccccc5)cc4)c3)cc2)OC1c1ccc(CO)cc1. The van der Waals surface area contributed by atoms with Gasteiger partial charge in [0.15, 0.2) is 12.1 Å². The van der Waals surface area contributed by atoms with Crippen LogP contribution in [0.3, 0.4) is 0 Å². The smallest absolute Gasteiger partial charge is 0.319 e. The number of carbonyl (C=O) groups excluding carboxylic acids is 1. The maximum Gasteiger partial charge on any atom is 0.319 e. The number of nitrogens with zero attached hydrogens (tertiary/aromatic N) is 1. The molecule has 0 saturated carbocycles. The van der Waals surface area contributed by atoms with Gasteiger partial charge in [-0.3, -0.25) is 0 Å². The molecule has 0 radical (unpaired) electrons. The van der Waals surface area contributed by atoms with E-state index in [1.165, 1.54) is 11.8 Å². The number of thioether (sulfide) groups is 1. The molecule has 1 aliphatic rings. The van der Waals surface area contributed by atoms with Crippen LogP contribution in [-0.2, 0) is 22.6 Å². The summed E-state index contributed by atoms with van der Waals surface area (Å²) in [6, 6.07) is 61.0. The second-order valence-electron chi connectivity index (χ2n) is 15.6. The number of hydrogen-bond donors (Lipinski definition) is 3. The molecule has 2 heterocycles. The molecule has 1 fully saturated rings. The van der Waals surface area contributed by atoms with Gasteiger partial charge in [0.25, 0.3) is 5.22 Å². The summed E-state index contributed by atoms with van der Waals surface area (Å²) >= 11 is 1.54. The molecular formula is C54H47N3O6S. The van der Waals surface area contributed by atoms with E-state index in [0.29, 0.717) is 29.0 Å². The molecule has 4 unspecified atom stereocenters. The van der Waals surface area contributed by atoms with Crippen LogP contribution in [0.4, 0.5) is 10.5 Å². The third kappa shape index (κ3) is 10.3. The Labute approximate surface area is 377 Å². The largest absolute Gasteiger partial charge is 0.457 e. The van der Waals surface area contributed by atoms with Crippen LogP contribution in [0.5, 0.6) is 11.5 Å². The summed E-state index contributed by atoms with van der Waals surface area (Å²) in [5.41, 5.74) is 9.17. The molecule has 1 aliphatic heterocycles. The molecule has 2 amide bonds. The normalized spacial score (nSPS) is 17.1. The quantitative estimate of drug-likeness (QED) is 0.0926. The van der Waals surface area contributed by atoms with Gasteiger partial charge in [0.2, 0.25) is 0 Å². The molecule has 64 heavy (non-hydrogen) atoms. The first-order valence-corrected chi connectivity index (χ1v) is 22.3. The predicted molar refractivity (Wildman–Crippen MR) is 252 cm³/mol. The molecular weight excluding hydrogens is 819 g/mol. The summed E-state index contributed by atoms with van der Waals surface area (Å²) < 4.78 is 25.9. The summed E-state index contributed by atoms with van der Waals surface area (Å²) in [7, 11) is 0. The van der Waals surface area contributed by atoms with Gasteiger partial charge in [0, 0.05) is 40.6 Å². The second kappa shape index (κ2) is 20.0. The van der Waals surface area contributed by atoms with Gasteiger partial charge < -0.3 is 34.4 Å². The molecule has 8 aromatic rings. The van der Waals surface area contributed by atoms with E-state index in [-0.39, 0.29) is 30.8 Å². The lowest BCUT2D eigenvalue weighted by molar-refractivity contribution is -0.268. The third-order valence-electron chi connectivity index (χ3n) is 11.2. The first-order valence-electron chi connectivity index (χ1n) is 21.3. The van der Waals surface area contributed by atoms with Gasteiger partial charge in [-0.05, 0) is 70.3 Å². The Kier molecular flexibility index (Phi) is 13.3. The molecule has 3 N–H and O–H groups in total. The highest BCUT2D eigenvalue weighted by molar-refractivity contribution is 7.99. The Morgan fingerprint density at radius 3 is 2.00 bits per heavy atom. The highest BCUT2D eigenvalue weighted by Crippen LogP contribution is 2.44. The van der Waals surface area contributed by atoms with Crippen molar-refractivity contribution in [3.63, 3.8) is 0 Å². The van der Waals surface area contributed by atoms with Crippen LogP contribution < -0.4 is 15.4 Å². The van der Waals surface area contributed by atoms with E-state index in [0.717, 1.165) is 61.7 Å². The van der Waals surface area contributed by atoms with E-state index in [2.05, 4.69) is 41.8 Å². The molecule has 9 rings (SSSR count). The van der Waals surface area contributed by atoms with Crippen LogP contribution in [0.25, 0.3) is 33.7 Å². The molecule has 0 spiro atoms. The van der Waals surface area contributed by atoms with Gasteiger partial charge in [-0.2, -0.15) is 0 Å². The Balaban J connectivity index is 0.874. The van der Waals surface area contributed by atoms with Crippen LogP contribution in [0.15, 0.2) is 198 Å². The van der Waals surface area contributed by atoms with Gasteiger partial charge in [-0.1, -0.05) is 164 Å². The molecule has 0 aliphatic carbocycles. The van der Waals surface area contributed by atoms with Crippen molar-refractivity contribution in [3.8, 4) is 45.2 Å². The number of nitrogens with one attached hydrogen (secondary N) is 2. The number of oxazole rings is 1. The minimum Gasteiger partial charge on any atom is -0.457 e. The number of carbonyl (C=O) groups is 1. The Morgan fingerprint density at radius 2 is 1.30 bits per heavy atom. The van der Waals surface area contributed by atoms with E-state index in [1.54, 1.807) is 0 Å². The topological polar surface area (TPSA) is 115 Å². The lowest BCUT2D eigenvalue weighted by Crippen LogP contribution is -2.38. The summed E-state index contributed by atoms with van der Waals surface area (Å²) in [6.45, 7) is 2.48. The van der Waals surface area contributed by atoms with Gasteiger partial charge in [0.1, 0.15) is 17.2 Å². The number of ether oxygens (including phenoxy) is 3. The predicted octanol–water partition coefficient (Wildman–Crippen LogP) is 12.9. The van der Waals surface area contributed by atoms with Crippen molar-refractivity contribution in [2.45, 2.75) is 43.8 Å². The lowest BCUT2D eigenvalue weighted by Gasteiger charge is -2.41. The zero-order chi connectivity index (χ0) is 43.7. The number of aliphatic hydroxyl groups excluding tert-OH is 1. The van der Waals surface area contributed by atoms with E-state index >= 15 is 0 Å².